The number of amides is 1. The van der Waals surface area contributed by atoms with Gasteiger partial charge >= 0.3 is 0 Å². The van der Waals surface area contributed by atoms with Crippen LogP contribution in [0.2, 0.25) is 5.02 Å². The molecule has 0 fully saturated rings. The summed E-state index contributed by atoms with van der Waals surface area (Å²) in [6.45, 7) is 0.458. The van der Waals surface area contributed by atoms with Gasteiger partial charge in [-0.05, 0) is 17.7 Å². The smallest absolute Gasteiger partial charge is 0.251 e. The van der Waals surface area contributed by atoms with Crippen LogP contribution in [0.5, 0.6) is 17.4 Å². The first-order chi connectivity index (χ1) is 10.7. The van der Waals surface area contributed by atoms with Crippen molar-refractivity contribution >= 4 is 17.5 Å². The molecule has 0 radical (unpaired) electrons. The zero-order valence-corrected chi connectivity index (χ0v) is 12.5. The van der Waals surface area contributed by atoms with Gasteiger partial charge in [-0.15, -0.1) is 0 Å². The van der Waals surface area contributed by atoms with Gasteiger partial charge in [-0.3, -0.25) is 4.79 Å². The van der Waals surface area contributed by atoms with Crippen LogP contribution in [-0.2, 0) is 6.54 Å². The Balaban J connectivity index is 1.68. The SMILES string of the molecule is COc1ccc(CNC(=O)c2cc(Cl)c3c(c2)OCO3)cn1. The average Bonchev–Trinajstić information content (AvgIpc) is 3.02. The molecule has 0 spiro atoms. The van der Waals surface area contributed by atoms with Crippen molar-refractivity contribution < 1.29 is 19.0 Å². The first kappa shape index (κ1) is 14.5. The molecule has 114 valence electrons. The molecular formula is C15H13ClN2O4. The fraction of sp³-hybridized carbons (Fsp3) is 0.200. The third-order valence-corrected chi connectivity index (χ3v) is 3.43. The molecule has 22 heavy (non-hydrogen) atoms. The molecule has 0 bridgehead atoms. The summed E-state index contributed by atoms with van der Waals surface area (Å²) in [5, 5.41) is 3.15. The van der Waals surface area contributed by atoms with E-state index in [0.29, 0.717) is 34.5 Å². The molecule has 0 saturated heterocycles. The van der Waals surface area contributed by atoms with E-state index >= 15 is 0 Å². The Kier molecular flexibility index (Phi) is 4.02. The second-order valence-electron chi connectivity index (χ2n) is 4.58. The van der Waals surface area contributed by atoms with Crippen molar-refractivity contribution in [2.24, 2.45) is 0 Å². The molecule has 3 rings (SSSR count). The van der Waals surface area contributed by atoms with E-state index in [0.717, 1.165) is 5.56 Å². The second-order valence-corrected chi connectivity index (χ2v) is 4.99. The highest BCUT2D eigenvalue weighted by molar-refractivity contribution is 6.32. The third kappa shape index (κ3) is 2.92. The fourth-order valence-corrected chi connectivity index (χ4v) is 2.28. The minimum absolute atomic E-state index is 0.109. The number of hydrogen-bond acceptors (Lipinski definition) is 5. The van der Waals surface area contributed by atoms with Crippen LogP contribution < -0.4 is 19.5 Å². The Morgan fingerprint density at radius 2 is 2.27 bits per heavy atom. The highest BCUT2D eigenvalue weighted by atomic mass is 35.5. The Hall–Kier alpha value is -2.47. The normalized spacial score (nSPS) is 12.1. The summed E-state index contributed by atoms with van der Waals surface area (Å²) in [6.07, 6.45) is 1.64. The first-order valence-corrected chi connectivity index (χ1v) is 6.91. The predicted octanol–water partition coefficient (Wildman–Crippen LogP) is 2.40. The van der Waals surface area contributed by atoms with Gasteiger partial charge in [0.25, 0.3) is 5.91 Å². The summed E-state index contributed by atoms with van der Waals surface area (Å²) < 4.78 is 15.4. The van der Waals surface area contributed by atoms with Gasteiger partial charge in [0.1, 0.15) is 0 Å². The lowest BCUT2D eigenvalue weighted by molar-refractivity contribution is 0.0950. The molecule has 2 heterocycles. The summed E-state index contributed by atoms with van der Waals surface area (Å²) in [5.74, 6) is 1.22. The van der Waals surface area contributed by atoms with Gasteiger partial charge in [-0.2, -0.15) is 0 Å². The molecule has 1 aliphatic rings. The van der Waals surface area contributed by atoms with Crippen LogP contribution in [0.4, 0.5) is 0 Å². The average molecular weight is 321 g/mol. The number of pyridine rings is 1. The molecule has 0 aliphatic carbocycles. The summed E-state index contributed by atoms with van der Waals surface area (Å²) in [7, 11) is 1.55. The first-order valence-electron chi connectivity index (χ1n) is 6.53. The molecule has 1 N–H and O–H groups in total. The third-order valence-electron chi connectivity index (χ3n) is 3.15. The van der Waals surface area contributed by atoms with Crippen LogP contribution in [0.25, 0.3) is 0 Å². The van der Waals surface area contributed by atoms with Crippen molar-refractivity contribution in [3.8, 4) is 17.4 Å². The molecule has 1 amide bonds. The Bertz CT molecular complexity index is 703. The lowest BCUT2D eigenvalue weighted by atomic mass is 10.2. The van der Waals surface area contributed by atoms with Gasteiger partial charge in [0.05, 0.1) is 12.1 Å². The summed E-state index contributed by atoms with van der Waals surface area (Å²) in [6, 6.07) is 6.73. The van der Waals surface area contributed by atoms with Crippen LogP contribution in [0.1, 0.15) is 15.9 Å². The highest BCUT2D eigenvalue weighted by Gasteiger charge is 2.20. The minimum Gasteiger partial charge on any atom is -0.481 e. The van der Waals surface area contributed by atoms with Gasteiger partial charge in [0, 0.05) is 24.4 Å². The maximum Gasteiger partial charge on any atom is 0.251 e. The van der Waals surface area contributed by atoms with Crippen LogP contribution in [-0.4, -0.2) is 24.8 Å². The quantitative estimate of drug-likeness (QED) is 0.936. The van der Waals surface area contributed by atoms with Crippen LogP contribution in [0.15, 0.2) is 30.5 Å². The Labute approximate surface area is 132 Å². The predicted molar refractivity (Wildman–Crippen MR) is 79.5 cm³/mol. The van der Waals surface area contributed by atoms with E-state index in [1.54, 1.807) is 31.5 Å². The largest absolute Gasteiger partial charge is 0.481 e. The summed E-state index contributed by atoms with van der Waals surface area (Å²) >= 11 is 6.06. The molecule has 2 aromatic rings. The molecule has 1 aromatic heterocycles. The number of carbonyl (C=O) groups is 1. The van der Waals surface area contributed by atoms with E-state index in [4.69, 9.17) is 25.8 Å². The number of methoxy groups -OCH3 is 1. The fourth-order valence-electron chi connectivity index (χ4n) is 2.02. The lowest BCUT2D eigenvalue weighted by Crippen LogP contribution is -2.22. The van der Waals surface area contributed by atoms with Crippen LogP contribution >= 0.6 is 11.6 Å². The number of fused-ring (bicyclic) bond motifs is 1. The monoisotopic (exact) mass is 320 g/mol. The Morgan fingerprint density at radius 3 is 3.00 bits per heavy atom. The van der Waals surface area contributed by atoms with Gasteiger partial charge in [0.15, 0.2) is 11.5 Å². The van der Waals surface area contributed by atoms with Crippen molar-refractivity contribution in [2.45, 2.75) is 6.54 Å². The van der Waals surface area contributed by atoms with Crippen molar-refractivity contribution in [3.63, 3.8) is 0 Å². The molecule has 0 unspecified atom stereocenters. The molecule has 7 heteroatoms. The number of nitrogens with zero attached hydrogens (tertiary/aromatic N) is 1. The van der Waals surface area contributed by atoms with E-state index < -0.39 is 0 Å². The van der Waals surface area contributed by atoms with Crippen molar-refractivity contribution in [3.05, 3.63) is 46.6 Å². The highest BCUT2D eigenvalue weighted by Crippen LogP contribution is 2.39. The Morgan fingerprint density at radius 1 is 1.41 bits per heavy atom. The number of nitrogens with one attached hydrogen (secondary N) is 1. The van der Waals surface area contributed by atoms with Crippen molar-refractivity contribution in [1.29, 1.82) is 0 Å². The number of carbonyl (C=O) groups excluding carboxylic acids is 1. The zero-order chi connectivity index (χ0) is 15.5. The minimum atomic E-state index is -0.254. The van der Waals surface area contributed by atoms with E-state index in [-0.39, 0.29) is 12.7 Å². The van der Waals surface area contributed by atoms with Crippen molar-refractivity contribution in [2.75, 3.05) is 13.9 Å². The number of rotatable bonds is 4. The molecule has 6 nitrogen and oxygen atoms in total. The maximum absolute atomic E-state index is 12.2. The van der Waals surface area contributed by atoms with E-state index in [1.807, 2.05) is 6.07 Å². The number of benzene rings is 1. The second kappa shape index (κ2) is 6.11. The molecular weight excluding hydrogens is 308 g/mol. The lowest BCUT2D eigenvalue weighted by Gasteiger charge is -2.07. The van der Waals surface area contributed by atoms with Gasteiger partial charge in [-0.1, -0.05) is 17.7 Å². The number of halogens is 1. The number of ether oxygens (including phenoxy) is 3. The molecule has 1 aromatic carbocycles. The summed E-state index contributed by atoms with van der Waals surface area (Å²) in [5.41, 5.74) is 1.27. The number of aromatic nitrogens is 1. The maximum atomic E-state index is 12.2. The van der Waals surface area contributed by atoms with Gasteiger partial charge < -0.3 is 19.5 Å². The molecule has 0 atom stereocenters. The molecule has 1 aliphatic heterocycles. The number of hydrogen-bond donors (Lipinski definition) is 1. The van der Waals surface area contributed by atoms with Crippen LogP contribution in [0.3, 0.4) is 0 Å². The van der Waals surface area contributed by atoms with Gasteiger partial charge in [-0.25, -0.2) is 4.98 Å². The van der Waals surface area contributed by atoms with E-state index in [9.17, 15) is 4.79 Å². The standard InChI is InChI=1S/C15H13ClN2O4/c1-20-13-3-2-9(6-17-13)7-18-15(19)10-4-11(16)14-12(5-10)21-8-22-14/h2-6H,7-8H2,1H3,(H,18,19). The zero-order valence-electron chi connectivity index (χ0n) is 11.8. The van der Waals surface area contributed by atoms with Gasteiger partial charge in [0.2, 0.25) is 12.7 Å². The van der Waals surface area contributed by atoms with Crippen molar-refractivity contribution in [1.82, 2.24) is 10.3 Å². The van der Waals surface area contributed by atoms with Crippen LogP contribution in [0, 0.1) is 0 Å². The van der Waals surface area contributed by atoms with E-state index in [1.165, 1.54) is 0 Å². The topological polar surface area (TPSA) is 69.7 Å². The summed E-state index contributed by atoms with van der Waals surface area (Å²) in [4.78, 5) is 16.3. The van der Waals surface area contributed by atoms with E-state index in [2.05, 4.69) is 10.3 Å². The molecule has 0 saturated carbocycles.